The van der Waals surface area contributed by atoms with Crippen molar-refractivity contribution in [2.45, 2.75) is 52.6 Å². The monoisotopic (exact) mass is 361 g/mol. The van der Waals surface area contributed by atoms with Crippen molar-refractivity contribution in [3.63, 3.8) is 0 Å². The lowest BCUT2D eigenvalue weighted by molar-refractivity contribution is 0.158. The van der Waals surface area contributed by atoms with Gasteiger partial charge in [-0.15, -0.1) is 0 Å². The molecule has 1 aromatic carbocycles. The van der Waals surface area contributed by atoms with Gasteiger partial charge in [-0.25, -0.2) is 13.8 Å². The second-order valence-electron chi connectivity index (χ2n) is 7.95. The van der Waals surface area contributed by atoms with Crippen LogP contribution in [0.5, 0.6) is 0 Å². The molecule has 1 fully saturated rings. The highest BCUT2D eigenvalue weighted by Crippen LogP contribution is 2.24. The third-order valence-electron chi connectivity index (χ3n) is 5.19. The number of halogens is 2. The fourth-order valence-electron chi connectivity index (χ4n) is 3.88. The molecular weight excluding hydrogens is 332 g/mol. The second kappa shape index (κ2) is 8.76. The van der Waals surface area contributed by atoms with Crippen LogP contribution in [0.4, 0.5) is 8.78 Å². The first kappa shape index (κ1) is 19.0. The van der Waals surface area contributed by atoms with Crippen molar-refractivity contribution in [2.75, 3.05) is 13.1 Å². The minimum Gasteiger partial charge on any atom is -0.333 e. The van der Waals surface area contributed by atoms with E-state index in [2.05, 4.69) is 28.3 Å². The molecule has 0 N–H and O–H groups in total. The van der Waals surface area contributed by atoms with Gasteiger partial charge in [-0.1, -0.05) is 19.9 Å². The molecule has 3 nitrogen and oxygen atoms in total. The summed E-state index contributed by atoms with van der Waals surface area (Å²) in [5.41, 5.74) is 1.89. The lowest BCUT2D eigenvalue weighted by Crippen LogP contribution is -2.35. The zero-order chi connectivity index (χ0) is 18.5. The molecule has 0 radical (unpaired) electrons. The molecule has 1 unspecified atom stereocenters. The molecule has 1 aliphatic rings. The summed E-state index contributed by atoms with van der Waals surface area (Å²) >= 11 is 0. The lowest BCUT2D eigenvalue weighted by atomic mass is 9.91. The molecule has 2 heterocycles. The van der Waals surface area contributed by atoms with E-state index in [1.807, 2.05) is 12.5 Å². The average Bonchev–Trinajstić information content (AvgIpc) is 3.00. The van der Waals surface area contributed by atoms with E-state index in [9.17, 15) is 8.78 Å². The smallest absolute Gasteiger partial charge is 0.129 e. The van der Waals surface area contributed by atoms with Crippen molar-refractivity contribution in [1.82, 2.24) is 14.5 Å². The molecule has 1 saturated heterocycles. The molecule has 0 aliphatic carbocycles. The van der Waals surface area contributed by atoms with Crippen molar-refractivity contribution in [2.24, 2.45) is 11.8 Å². The second-order valence-corrected chi connectivity index (χ2v) is 7.95. The predicted octanol–water partition coefficient (Wildman–Crippen LogP) is 4.66. The van der Waals surface area contributed by atoms with E-state index in [4.69, 9.17) is 0 Å². The van der Waals surface area contributed by atoms with Crippen LogP contribution in [0.25, 0.3) is 0 Å². The maximum Gasteiger partial charge on any atom is 0.129 e. The van der Waals surface area contributed by atoms with Crippen LogP contribution >= 0.6 is 0 Å². The fourth-order valence-corrected chi connectivity index (χ4v) is 3.88. The van der Waals surface area contributed by atoms with Crippen LogP contribution < -0.4 is 0 Å². The Kier molecular flexibility index (Phi) is 6.41. The van der Waals surface area contributed by atoms with Crippen LogP contribution in [-0.2, 0) is 19.5 Å². The number of nitrogens with zero attached hydrogens (tertiary/aromatic N) is 3. The number of hydrogen-bond donors (Lipinski definition) is 0. The Hall–Kier alpha value is -1.75. The standard InChI is InChI=1S/C21H29F2N3/c1-16(2)12-26-15-24-11-20(26)14-25-9-3-4-17(13-25)5-6-18-7-8-19(22)10-21(18)23/h7-8,10-11,15-17H,3-6,9,12-14H2,1-2H3. The molecule has 1 aliphatic heterocycles. The fraction of sp³-hybridized carbons (Fsp3) is 0.571. The number of imidazole rings is 1. The Bertz CT molecular complexity index is 711. The van der Waals surface area contributed by atoms with Gasteiger partial charge >= 0.3 is 0 Å². The van der Waals surface area contributed by atoms with Crippen LogP contribution in [0.15, 0.2) is 30.7 Å². The minimum absolute atomic E-state index is 0.421. The molecule has 0 spiro atoms. The highest BCUT2D eigenvalue weighted by atomic mass is 19.1. The molecule has 1 atom stereocenters. The number of hydrogen-bond acceptors (Lipinski definition) is 2. The number of benzene rings is 1. The molecule has 0 saturated carbocycles. The summed E-state index contributed by atoms with van der Waals surface area (Å²) in [5, 5.41) is 0. The Labute approximate surface area is 155 Å². The third kappa shape index (κ3) is 5.13. The van der Waals surface area contributed by atoms with Gasteiger partial charge < -0.3 is 4.57 Å². The Morgan fingerprint density at radius 2 is 2.12 bits per heavy atom. The van der Waals surface area contributed by atoms with E-state index in [1.54, 1.807) is 6.07 Å². The Morgan fingerprint density at radius 1 is 1.27 bits per heavy atom. The molecule has 142 valence electrons. The summed E-state index contributed by atoms with van der Waals surface area (Å²) in [6.45, 7) is 8.50. The maximum absolute atomic E-state index is 13.8. The number of piperidine rings is 1. The Morgan fingerprint density at radius 3 is 2.88 bits per heavy atom. The van der Waals surface area contributed by atoms with Crippen molar-refractivity contribution in [3.05, 3.63) is 53.6 Å². The summed E-state index contributed by atoms with van der Waals surface area (Å²) in [4.78, 5) is 6.81. The van der Waals surface area contributed by atoms with Crippen molar-refractivity contribution in [3.8, 4) is 0 Å². The summed E-state index contributed by atoms with van der Waals surface area (Å²) in [6, 6.07) is 3.91. The highest BCUT2D eigenvalue weighted by molar-refractivity contribution is 5.18. The average molecular weight is 361 g/mol. The van der Waals surface area contributed by atoms with Gasteiger partial charge in [-0.2, -0.15) is 0 Å². The summed E-state index contributed by atoms with van der Waals surface area (Å²) in [7, 11) is 0. The largest absolute Gasteiger partial charge is 0.333 e. The van der Waals surface area contributed by atoms with E-state index in [1.165, 1.54) is 24.6 Å². The molecule has 0 bridgehead atoms. The zero-order valence-corrected chi connectivity index (χ0v) is 15.8. The van der Waals surface area contributed by atoms with Gasteiger partial charge in [0.25, 0.3) is 0 Å². The molecule has 26 heavy (non-hydrogen) atoms. The number of likely N-dealkylation sites (tertiary alicyclic amines) is 1. The molecule has 5 heteroatoms. The summed E-state index contributed by atoms with van der Waals surface area (Å²) in [5.74, 6) is 0.237. The molecule has 1 aromatic heterocycles. The molecule has 3 rings (SSSR count). The lowest BCUT2D eigenvalue weighted by Gasteiger charge is -2.33. The minimum atomic E-state index is -0.506. The zero-order valence-electron chi connectivity index (χ0n) is 15.8. The molecule has 0 amide bonds. The van der Waals surface area contributed by atoms with Gasteiger partial charge in [-0.05, 0) is 55.7 Å². The quantitative estimate of drug-likeness (QED) is 0.715. The van der Waals surface area contributed by atoms with Gasteiger partial charge in [0, 0.05) is 31.9 Å². The van der Waals surface area contributed by atoms with Gasteiger partial charge in [0.05, 0.1) is 12.0 Å². The van der Waals surface area contributed by atoms with Gasteiger partial charge in [-0.3, -0.25) is 4.90 Å². The van der Waals surface area contributed by atoms with Gasteiger partial charge in [0.15, 0.2) is 0 Å². The number of aromatic nitrogens is 2. The molecular formula is C21H29F2N3. The van der Waals surface area contributed by atoms with E-state index in [0.717, 1.165) is 38.7 Å². The maximum atomic E-state index is 13.8. The van der Waals surface area contributed by atoms with E-state index in [-0.39, 0.29) is 0 Å². The van der Waals surface area contributed by atoms with E-state index < -0.39 is 11.6 Å². The van der Waals surface area contributed by atoms with Crippen LogP contribution in [-0.4, -0.2) is 27.5 Å². The van der Waals surface area contributed by atoms with Crippen molar-refractivity contribution >= 4 is 0 Å². The van der Waals surface area contributed by atoms with Crippen molar-refractivity contribution < 1.29 is 8.78 Å². The SMILES string of the molecule is CC(C)Cn1cncc1CN1CCCC(CCc2ccc(F)cc2F)C1. The van der Waals surface area contributed by atoms with Crippen LogP contribution in [0, 0.1) is 23.5 Å². The first-order valence-electron chi connectivity index (χ1n) is 9.66. The van der Waals surface area contributed by atoms with Crippen molar-refractivity contribution in [1.29, 1.82) is 0 Å². The van der Waals surface area contributed by atoms with E-state index in [0.29, 0.717) is 23.8 Å². The Balaban J connectivity index is 1.53. The van der Waals surface area contributed by atoms with E-state index >= 15 is 0 Å². The van der Waals surface area contributed by atoms with Crippen LogP contribution in [0.2, 0.25) is 0 Å². The summed E-state index contributed by atoms with van der Waals surface area (Å²) in [6.07, 6.45) is 7.88. The van der Waals surface area contributed by atoms with Crippen LogP contribution in [0.3, 0.4) is 0 Å². The normalized spacial score (nSPS) is 18.6. The third-order valence-corrected chi connectivity index (χ3v) is 5.19. The molecule has 2 aromatic rings. The van der Waals surface area contributed by atoms with Crippen LogP contribution in [0.1, 0.15) is 44.4 Å². The first-order chi connectivity index (χ1) is 12.5. The highest BCUT2D eigenvalue weighted by Gasteiger charge is 2.21. The predicted molar refractivity (Wildman–Crippen MR) is 99.7 cm³/mol. The van der Waals surface area contributed by atoms with Gasteiger partial charge in [0.2, 0.25) is 0 Å². The topological polar surface area (TPSA) is 21.1 Å². The van der Waals surface area contributed by atoms with Gasteiger partial charge in [0.1, 0.15) is 11.6 Å². The number of rotatable bonds is 7. The summed E-state index contributed by atoms with van der Waals surface area (Å²) < 4.78 is 29.1. The number of aryl methyl sites for hydroxylation is 1. The first-order valence-corrected chi connectivity index (χ1v) is 9.66.